The molecule has 2 aliphatic heterocycles. The standard InChI is InChI=1S/C37H44F5N3O7S/c1-4-21-53(49,50)45-19-13-35(14-20-45,37(40,41)42)34(48)43-29(33(46)47)22-24-7-5-9-27-26(24)8-6-10-28(27)31-30(51-2)12-11-25(32(31)52-3)23-44-17-15-36(38,39)16-18-44/h5-12,29H,4,13-23H2,1-3H3,(H,43,48)(H,46,47)/t29-/m0/s1. The van der Waals surface area contributed by atoms with E-state index < -0.39 is 71.4 Å². The summed E-state index contributed by atoms with van der Waals surface area (Å²) in [7, 11) is -0.822. The van der Waals surface area contributed by atoms with Crippen LogP contribution in [0.25, 0.3) is 21.9 Å². The molecule has 1 amide bonds. The molecule has 3 aromatic carbocycles. The number of ether oxygens (including phenoxy) is 2. The predicted molar refractivity (Wildman–Crippen MR) is 189 cm³/mol. The molecule has 53 heavy (non-hydrogen) atoms. The van der Waals surface area contributed by atoms with Crippen LogP contribution in [0.5, 0.6) is 11.5 Å². The third kappa shape index (κ3) is 8.39. The van der Waals surface area contributed by atoms with E-state index in [2.05, 4.69) is 5.32 Å². The summed E-state index contributed by atoms with van der Waals surface area (Å²) in [5, 5.41) is 13.5. The molecule has 0 aromatic heterocycles. The Hall–Kier alpha value is -4.02. The van der Waals surface area contributed by atoms with Crippen molar-refractivity contribution < 1.29 is 54.5 Å². The Morgan fingerprint density at radius 1 is 0.906 bits per heavy atom. The molecule has 0 saturated carbocycles. The highest BCUT2D eigenvalue weighted by Crippen LogP contribution is 2.48. The maximum atomic E-state index is 14.6. The van der Waals surface area contributed by atoms with Gasteiger partial charge >= 0.3 is 12.1 Å². The average Bonchev–Trinajstić information content (AvgIpc) is 3.11. The maximum absolute atomic E-state index is 14.6. The minimum Gasteiger partial charge on any atom is -0.496 e. The Bertz CT molecular complexity index is 1920. The zero-order valence-electron chi connectivity index (χ0n) is 29.8. The number of alkyl halides is 5. The molecule has 2 aliphatic rings. The zero-order chi connectivity index (χ0) is 38.8. The molecule has 2 N–H and O–H groups in total. The minimum atomic E-state index is -5.07. The second-order valence-corrected chi connectivity index (χ2v) is 15.7. The maximum Gasteiger partial charge on any atom is 0.403 e. The molecule has 16 heteroatoms. The van der Waals surface area contributed by atoms with E-state index in [0.29, 0.717) is 45.5 Å². The van der Waals surface area contributed by atoms with E-state index >= 15 is 0 Å². The van der Waals surface area contributed by atoms with Gasteiger partial charge in [-0.15, -0.1) is 0 Å². The predicted octanol–water partition coefficient (Wildman–Crippen LogP) is 6.25. The normalized spacial score (nSPS) is 18.7. The SMILES string of the molecule is CCCS(=O)(=O)N1CCC(C(=O)N[C@@H](Cc2cccc3c(-c4c(OC)ccc(CN5CCC(F)(F)CC5)c4OC)cccc23)C(=O)O)(C(F)(F)F)CC1. The van der Waals surface area contributed by atoms with Gasteiger partial charge in [-0.05, 0) is 47.2 Å². The van der Waals surface area contributed by atoms with Gasteiger partial charge in [0.15, 0.2) is 0 Å². The number of benzene rings is 3. The van der Waals surface area contributed by atoms with Gasteiger partial charge in [-0.25, -0.2) is 26.3 Å². The van der Waals surface area contributed by atoms with Crippen molar-refractivity contribution >= 4 is 32.7 Å². The third-order valence-corrected chi connectivity index (χ3v) is 12.4. The van der Waals surface area contributed by atoms with Crippen molar-refractivity contribution in [2.24, 2.45) is 5.41 Å². The van der Waals surface area contributed by atoms with Gasteiger partial charge in [-0.1, -0.05) is 49.4 Å². The van der Waals surface area contributed by atoms with Crippen LogP contribution in [0.3, 0.4) is 0 Å². The fourth-order valence-electron chi connectivity index (χ4n) is 7.33. The van der Waals surface area contributed by atoms with E-state index in [0.717, 1.165) is 9.87 Å². The van der Waals surface area contributed by atoms with Gasteiger partial charge in [0.1, 0.15) is 23.0 Å². The van der Waals surface area contributed by atoms with Crippen molar-refractivity contribution in [1.82, 2.24) is 14.5 Å². The first-order valence-corrected chi connectivity index (χ1v) is 19.0. The van der Waals surface area contributed by atoms with Crippen molar-refractivity contribution in [3.05, 3.63) is 59.7 Å². The van der Waals surface area contributed by atoms with Crippen LogP contribution in [0.4, 0.5) is 22.0 Å². The topological polar surface area (TPSA) is 125 Å². The minimum absolute atomic E-state index is 0.208. The summed E-state index contributed by atoms with van der Waals surface area (Å²) in [6, 6.07) is 12.2. The van der Waals surface area contributed by atoms with Crippen LogP contribution in [0, 0.1) is 5.41 Å². The van der Waals surface area contributed by atoms with Crippen molar-refractivity contribution in [2.75, 3.05) is 46.2 Å². The largest absolute Gasteiger partial charge is 0.496 e. The lowest BCUT2D eigenvalue weighted by molar-refractivity contribution is -0.231. The molecule has 2 heterocycles. The molecule has 0 spiro atoms. The van der Waals surface area contributed by atoms with Crippen LogP contribution in [-0.2, 0) is 32.6 Å². The molecule has 2 saturated heterocycles. The highest BCUT2D eigenvalue weighted by Gasteiger charge is 2.61. The van der Waals surface area contributed by atoms with Crippen LogP contribution in [0.2, 0.25) is 0 Å². The number of rotatable bonds is 13. The molecule has 5 rings (SSSR count). The number of amides is 1. The van der Waals surface area contributed by atoms with Gasteiger partial charge < -0.3 is 19.9 Å². The van der Waals surface area contributed by atoms with Gasteiger partial charge in [-0.2, -0.15) is 13.2 Å². The number of carbonyl (C=O) groups is 2. The number of methoxy groups -OCH3 is 2. The molecule has 0 aliphatic carbocycles. The molecular formula is C37H44F5N3O7S. The number of fused-ring (bicyclic) bond motifs is 1. The van der Waals surface area contributed by atoms with Gasteiger partial charge in [0.05, 0.1) is 25.5 Å². The van der Waals surface area contributed by atoms with Crippen molar-refractivity contribution in [3.63, 3.8) is 0 Å². The van der Waals surface area contributed by atoms with Crippen molar-refractivity contribution in [2.45, 2.75) is 70.1 Å². The second kappa shape index (κ2) is 15.8. The average molecular weight is 770 g/mol. The lowest BCUT2D eigenvalue weighted by Gasteiger charge is -2.41. The van der Waals surface area contributed by atoms with Gasteiger partial charge in [0.2, 0.25) is 15.9 Å². The van der Waals surface area contributed by atoms with Crippen LogP contribution < -0.4 is 14.8 Å². The summed E-state index contributed by atoms with van der Waals surface area (Å²) in [6.07, 6.45) is -7.34. The van der Waals surface area contributed by atoms with Gasteiger partial charge in [-0.3, -0.25) is 9.69 Å². The molecule has 0 bridgehead atoms. The Kier molecular flexibility index (Phi) is 11.9. The smallest absolute Gasteiger partial charge is 0.403 e. The quantitative estimate of drug-likeness (QED) is 0.196. The molecule has 0 radical (unpaired) electrons. The highest BCUT2D eigenvalue weighted by atomic mass is 32.2. The van der Waals surface area contributed by atoms with Crippen LogP contribution in [0.15, 0.2) is 48.5 Å². The molecule has 290 valence electrons. The number of halogens is 5. The highest BCUT2D eigenvalue weighted by molar-refractivity contribution is 7.89. The number of nitrogens with zero attached hydrogens (tertiary/aromatic N) is 2. The first-order chi connectivity index (χ1) is 25.0. The summed E-state index contributed by atoms with van der Waals surface area (Å²) in [5.41, 5.74) is -0.593. The molecular weight excluding hydrogens is 725 g/mol. The lowest BCUT2D eigenvalue weighted by atomic mass is 9.77. The van der Waals surface area contributed by atoms with E-state index in [4.69, 9.17) is 9.47 Å². The van der Waals surface area contributed by atoms with Gasteiger partial charge in [0.25, 0.3) is 5.92 Å². The number of aliphatic carboxylic acids is 1. The molecule has 10 nitrogen and oxygen atoms in total. The summed E-state index contributed by atoms with van der Waals surface area (Å²) in [5.74, 6) is -5.09. The molecule has 1 atom stereocenters. The monoisotopic (exact) mass is 769 g/mol. The van der Waals surface area contributed by atoms with E-state index in [-0.39, 0.29) is 44.5 Å². The summed E-state index contributed by atoms with van der Waals surface area (Å²) < 4.78 is 109. The summed E-state index contributed by atoms with van der Waals surface area (Å²) >= 11 is 0. The molecule has 3 aromatic rings. The fourth-order valence-corrected chi connectivity index (χ4v) is 8.84. The summed E-state index contributed by atoms with van der Waals surface area (Å²) in [6.45, 7) is 1.34. The van der Waals surface area contributed by atoms with Crippen LogP contribution in [-0.4, -0.2) is 98.9 Å². The van der Waals surface area contributed by atoms with E-state index in [9.17, 15) is 45.1 Å². The van der Waals surface area contributed by atoms with E-state index in [1.165, 1.54) is 14.2 Å². The molecule has 2 fully saturated rings. The number of carboxylic acid groups (broad SMARTS) is 1. The third-order valence-electron chi connectivity index (χ3n) is 10.3. The van der Waals surface area contributed by atoms with E-state index in [1.807, 2.05) is 17.0 Å². The van der Waals surface area contributed by atoms with Crippen molar-refractivity contribution in [1.29, 1.82) is 0 Å². The van der Waals surface area contributed by atoms with Crippen molar-refractivity contribution in [3.8, 4) is 22.6 Å². The first kappa shape index (κ1) is 40.2. The summed E-state index contributed by atoms with van der Waals surface area (Å²) in [4.78, 5) is 27.9. The Morgan fingerprint density at radius 2 is 1.55 bits per heavy atom. The fraction of sp³-hybridized carbons (Fsp3) is 0.514. The molecule has 0 unspecified atom stereocenters. The number of hydrogen-bond donors (Lipinski definition) is 2. The number of carbonyl (C=O) groups excluding carboxylic acids is 1. The second-order valence-electron chi connectivity index (χ2n) is 13.6. The number of nitrogens with one attached hydrogen (secondary N) is 1. The van der Waals surface area contributed by atoms with Crippen LogP contribution >= 0.6 is 0 Å². The number of sulfonamides is 1. The number of likely N-dealkylation sites (tertiary alicyclic amines) is 1. The Morgan fingerprint density at radius 3 is 2.13 bits per heavy atom. The Balaban J connectivity index is 1.46. The number of piperidine rings is 2. The van der Waals surface area contributed by atoms with E-state index in [1.54, 1.807) is 43.3 Å². The zero-order valence-corrected chi connectivity index (χ0v) is 30.6. The lowest BCUT2D eigenvalue weighted by Crippen LogP contribution is -2.59. The van der Waals surface area contributed by atoms with Gasteiger partial charge in [0, 0.05) is 57.5 Å². The first-order valence-electron chi connectivity index (χ1n) is 17.4. The number of hydrogen-bond acceptors (Lipinski definition) is 7. The van der Waals surface area contributed by atoms with Crippen LogP contribution in [0.1, 0.15) is 50.2 Å². The Labute approximate surface area is 305 Å². The number of carboxylic acids is 1.